The Morgan fingerprint density at radius 1 is 1.00 bits per heavy atom. The Morgan fingerprint density at radius 2 is 1.10 bits per heavy atom. The second kappa shape index (κ2) is 7.94. The Hall–Kier alpha value is -1.06. The molecule has 0 fully saturated rings. The fraction of sp³-hybridized carbons (Fsp3) is 0.667. The van der Waals surface area contributed by atoms with Gasteiger partial charge in [-0.3, -0.25) is 0 Å². The van der Waals surface area contributed by atoms with Gasteiger partial charge < -0.3 is 19.8 Å². The summed E-state index contributed by atoms with van der Waals surface area (Å²) in [5.41, 5.74) is 0. The van der Waals surface area contributed by atoms with E-state index in [2.05, 4.69) is 0 Å². The van der Waals surface area contributed by atoms with Crippen LogP contribution < -0.4 is 10.2 Å². The zero-order valence-electron chi connectivity index (χ0n) is 6.05. The molecule has 0 unspecified atom stereocenters. The van der Waals surface area contributed by atoms with E-state index < -0.39 is 11.9 Å². The Bertz CT molecular complexity index is 94.3. The van der Waals surface area contributed by atoms with Gasteiger partial charge in [0.05, 0.1) is 0 Å². The zero-order valence-corrected chi connectivity index (χ0v) is 6.05. The molecule has 0 rings (SSSR count). The van der Waals surface area contributed by atoms with Gasteiger partial charge in [-0.2, -0.15) is 0 Å². The van der Waals surface area contributed by atoms with Crippen molar-refractivity contribution in [1.82, 2.24) is 0 Å². The molecule has 0 saturated carbocycles. The van der Waals surface area contributed by atoms with E-state index in [0.29, 0.717) is 0 Å². The molecule has 0 atom stereocenters. The van der Waals surface area contributed by atoms with E-state index in [1.165, 1.54) is 13.8 Å². The molecular weight excluding hydrogens is 136 g/mol. The smallest absolute Gasteiger partial charge is 0.0411 e. The number of carbonyl (C=O) groups excluding carboxylic acids is 2. The highest BCUT2D eigenvalue weighted by Gasteiger charge is 1.65. The molecule has 0 saturated heterocycles. The van der Waals surface area contributed by atoms with Crippen molar-refractivity contribution < 1.29 is 19.8 Å². The molecule has 0 N–H and O–H groups in total. The van der Waals surface area contributed by atoms with Crippen molar-refractivity contribution in [3.8, 4) is 0 Å². The number of hydrogen-bond acceptors (Lipinski definition) is 4. The topological polar surface area (TPSA) is 80.3 Å². The Labute approximate surface area is 59.5 Å². The summed E-state index contributed by atoms with van der Waals surface area (Å²) in [6, 6.07) is 0. The van der Waals surface area contributed by atoms with Gasteiger partial charge in [-0.1, -0.05) is 13.8 Å². The number of carboxylic acids is 2. The fourth-order valence-electron chi connectivity index (χ4n) is 0. The van der Waals surface area contributed by atoms with Gasteiger partial charge in [0.1, 0.15) is 0 Å². The first kappa shape index (κ1) is 11.7. The molecule has 0 radical (unpaired) electrons. The minimum absolute atomic E-state index is 0.111. The molecule has 0 aliphatic carbocycles. The predicted molar refractivity (Wildman–Crippen MR) is 30.6 cm³/mol. The lowest BCUT2D eigenvalue weighted by atomic mass is 10.5. The molecule has 0 aliphatic rings. The first-order chi connectivity index (χ1) is 4.54. The Kier molecular flexibility index (Phi) is 9.29. The number of rotatable bonds is 2. The molecule has 0 spiro atoms. The molecule has 0 bridgehead atoms. The maximum atomic E-state index is 9.26. The summed E-state index contributed by atoms with van der Waals surface area (Å²) in [7, 11) is 0. The second-order valence-electron chi connectivity index (χ2n) is 1.45. The van der Waals surface area contributed by atoms with Crippen LogP contribution in [0.4, 0.5) is 0 Å². The van der Waals surface area contributed by atoms with Crippen molar-refractivity contribution in [3.05, 3.63) is 0 Å². The van der Waals surface area contributed by atoms with E-state index in [0.717, 1.165) is 0 Å². The molecular formula is C6H10O4-2. The van der Waals surface area contributed by atoms with Crippen LogP contribution >= 0.6 is 0 Å². The van der Waals surface area contributed by atoms with E-state index in [4.69, 9.17) is 0 Å². The minimum Gasteiger partial charge on any atom is -0.550 e. The summed E-state index contributed by atoms with van der Waals surface area (Å²) in [5, 5.41) is 18.5. The number of aliphatic carboxylic acids is 2. The maximum Gasteiger partial charge on any atom is 0.0411 e. The molecule has 0 aromatic rings. The van der Waals surface area contributed by atoms with Gasteiger partial charge in [0.15, 0.2) is 0 Å². The SMILES string of the molecule is CCC(=O)[O-].CCC(=O)[O-]. The molecule has 0 aromatic heterocycles. The summed E-state index contributed by atoms with van der Waals surface area (Å²) in [6.07, 6.45) is 0.222. The van der Waals surface area contributed by atoms with E-state index in [1.54, 1.807) is 0 Å². The summed E-state index contributed by atoms with van der Waals surface area (Å²) in [5.74, 6) is -1.99. The van der Waals surface area contributed by atoms with E-state index in [1.807, 2.05) is 0 Å². The highest BCUT2D eigenvalue weighted by molar-refractivity contribution is 5.63. The Morgan fingerprint density at radius 3 is 1.10 bits per heavy atom. The lowest BCUT2D eigenvalue weighted by Crippen LogP contribution is -2.20. The third kappa shape index (κ3) is 28.3. The summed E-state index contributed by atoms with van der Waals surface area (Å²) < 4.78 is 0. The first-order valence-electron chi connectivity index (χ1n) is 2.94. The lowest BCUT2D eigenvalue weighted by Gasteiger charge is -1.87. The van der Waals surface area contributed by atoms with Gasteiger partial charge >= 0.3 is 0 Å². The third-order valence-corrected chi connectivity index (χ3v) is 0.577. The standard InChI is InChI=1S/2C3H6O2/c2*1-2-3(4)5/h2*2H2,1H3,(H,4,5)/p-2. The van der Waals surface area contributed by atoms with Crippen LogP contribution in [0.2, 0.25) is 0 Å². The van der Waals surface area contributed by atoms with Gasteiger partial charge in [-0.05, 0) is 12.8 Å². The van der Waals surface area contributed by atoms with Crippen LogP contribution in [0, 0.1) is 0 Å². The quantitative estimate of drug-likeness (QED) is 0.464. The van der Waals surface area contributed by atoms with Crippen LogP contribution in [0.15, 0.2) is 0 Å². The van der Waals surface area contributed by atoms with Crippen LogP contribution in [0.3, 0.4) is 0 Å². The molecule has 0 heterocycles. The van der Waals surface area contributed by atoms with Gasteiger partial charge in [-0.25, -0.2) is 0 Å². The number of hydrogen-bond donors (Lipinski definition) is 0. The van der Waals surface area contributed by atoms with E-state index in [-0.39, 0.29) is 12.8 Å². The molecule has 4 nitrogen and oxygen atoms in total. The van der Waals surface area contributed by atoms with Crippen molar-refractivity contribution in [2.75, 3.05) is 0 Å². The highest BCUT2D eigenvalue weighted by atomic mass is 16.4. The van der Waals surface area contributed by atoms with Crippen LogP contribution in [0.5, 0.6) is 0 Å². The summed E-state index contributed by atoms with van der Waals surface area (Å²) >= 11 is 0. The highest BCUT2D eigenvalue weighted by Crippen LogP contribution is 1.62. The first-order valence-corrected chi connectivity index (χ1v) is 2.94. The average Bonchev–Trinajstić information content (AvgIpc) is 1.89. The average molecular weight is 146 g/mol. The normalized spacial score (nSPS) is 7.40. The predicted octanol–water partition coefficient (Wildman–Crippen LogP) is -1.71. The lowest BCUT2D eigenvalue weighted by molar-refractivity contribution is -0.306. The van der Waals surface area contributed by atoms with Gasteiger partial charge in [0.25, 0.3) is 0 Å². The second-order valence-corrected chi connectivity index (χ2v) is 1.45. The summed E-state index contributed by atoms with van der Waals surface area (Å²) in [4.78, 5) is 18.5. The Balaban J connectivity index is 0. The van der Waals surface area contributed by atoms with Crippen LogP contribution in [-0.4, -0.2) is 11.9 Å². The third-order valence-electron chi connectivity index (χ3n) is 0.577. The maximum absolute atomic E-state index is 9.26. The van der Waals surface area contributed by atoms with Crippen LogP contribution in [0.25, 0.3) is 0 Å². The van der Waals surface area contributed by atoms with Gasteiger partial charge in [0, 0.05) is 11.9 Å². The molecule has 10 heavy (non-hydrogen) atoms. The van der Waals surface area contributed by atoms with Gasteiger partial charge in [0.2, 0.25) is 0 Å². The molecule has 0 amide bonds. The van der Waals surface area contributed by atoms with Crippen LogP contribution in [-0.2, 0) is 9.59 Å². The summed E-state index contributed by atoms with van der Waals surface area (Å²) in [6.45, 7) is 3.07. The minimum atomic E-state index is -0.995. The van der Waals surface area contributed by atoms with Crippen molar-refractivity contribution in [1.29, 1.82) is 0 Å². The largest absolute Gasteiger partial charge is 0.550 e. The van der Waals surface area contributed by atoms with E-state index in [9.17, 15) is 19.8 Å². The van der Waals surface area contributed by atoms with Crippen molar-refractivity contribution in [2.45, 2.75) is 26.7 Å². The van der Waals surface area contributed by atoms with Crippen molar-refractivity contribution >= 4 is 11.9 Å². The number of carbonyl (C=O) groups is 2. The molecule has 4 heteroatoms. The van der Waals surface area contributed by atoms with Crippen molar-refractivity contribution in [2.24, 2.45) is 0 Å². The fourth-order valence-corrected chi connectivity index (χ4v) is 0. The molecule has 0 aromatic carbocycles. The molecule has 60 valence electrons. The van der Waals surface area contributed by atoms with Crippen LogP contribution in [0.1, 0.15) is 26.7 Å². The monoisotopic (exact) mass is 146 g/mol. The van der Waals surface area contributed by atoms with Gasteiger partial charge in [-0.15, -0.1) is 0 Å². The van der Waals surface area contributed by atoms with Crippen molar-refractivity contribution in [3.63, 3.8) is 0 Å². The zero-order chi connectivity index (χ0) is 8.57. The number of carboxylic acid groups (broad SMARTS) is 2. The molecule has 0 aliphatic heterocycles. The van der Waals surface area contributed by atoms with E-state index >= 15 is 0 Å².